The molecule has 0 aliphatic rings. The highest BCUT2D eigenvalue weighted by atomic mass is 32.1. The summed E-state index contributed by atoms with van der Waals surface area (Å²) in [5.74, 6) is 1.99. The fourth-order valence-electron chi connectivity index (χ4n) is 9.64. The van der Waals surface area contributed by atoms with E-state index in [9.17, 15) is 0 Å². The van der Waals surface area contributed by atoms with Gasteiger partial charge in [-0.15, -0.1) is 11.3 Å². The van der Waals surface area contributed by atoms with Crippen LogP contribution in [-0.4, -0.2) is 15.0 Å². The predicted molar refractivity (Wildman–Crippen MR) is 259 cm³/mol. The Hall–Kier alpha value is -7.79. The Morgan fingerprint density at radius 1 is 0.279 bits per heavy atom. The minimum atomic E-state index is 0.652. The lowest BCUT2D eigenvalue weighted by Crippen LogP contribution is -2.00. The number of benzene rings is 10. The summed E-state index contributed by atoms with van der Waals surface area (Å²) in [4.78, 5) is 16.3. The lowest BCUT2D eigenvalue weighted by Gasteiger charge is -2.17. The van der Waals surface area contributed by atoms with Gasteiger partial charge in [0.15, 0.2) is 17.5 Å². The molecule has 2 heterocycles. The Morgan fingerprint density at radius 2 is 0.803 bits per heavy atom. The number of nitrogens with zero attached hydrogens (tertiary/aromatic N) is 3. The van der Waals surface area contributed by atoms with E-state index in [-0.39, 0.29) is 0 Å². The lowest BCUT2D eigenvalue weighted by molar-refractivity contribution is 1.08. The van der Waals surface area contributed by atoms with Crippen molar-refractivity contribution < 1.29 is 0 Å². The van der Waals surface area contributed by atoms with Crippen molar-refractivity contribution in [1.82, 2.24) is 15.0 Å². The summed E-state index contributed by atoms with van der Waals surface area (Å²) < 4.78 is 1.21. The Labute approximate surface area is 355 Å². The fourth-order valence-corrected chi connectivity index (χ4v) is 10.6. The molecule has 13 rings (SSSR count). The number of aromatic nitrogens is 3. The first-order chi connectivity index (χ1) is 30.2. The van der Waals surface area contributed by atoms with E-state index in [0.717, 1.165) is 27.1 Å². The van der Waals surface area contributed by atoms with E-state index in [1.54, 1.807) is 11.3 Å². The minimum absolute atomic E-state index is 0.652. The van der Waals surface area contributed by atoms with E-state index < -0.39 is 0 Å². The topological polar surface area (TPSA) is 38.7 Å². The maximum absolute atomic E-state index is 5.17. The number of hydrogen-bond acceptors (Lipinski definition) is 4. The molecular formula is C57H33N3S. The molecule has 13 aromatic rings. The molecule has 0 radical (unpaired) electrons. The highest BCUT2D eigenvalue weighted by Crippen LogP contribution is 2.45. The van der Waals surface area contributed by atoms with Crippen molar-refractivity contribution >= 4 is 86.1 Å². The third-order valence-electron chi connectivity index (χ3n) is 12.4. The van der Waals surface area contributed by atoms with Crippen LogP contribution in [-0.2, 0) is 0 Å². The number of thiophene rings is 1. The highest BCUT2D eigenvalue weighted by Gasteiger charge is 2.19. The Bertz CT molecular complexity index is 3830. The first-order valence-corrected chi connectivity index (χ1v) is 21.5. The first-order valence-electron chi connectivity index (χ1n) is 20.7. The summed E-state index contributed by atoms with van der Waals surface area (Å²) >= 11 is 1.71. The summed E-state index contributed by atoms with van der Waals surface area (Å²) in [7, 11) is 0. The van der Waals surface area contributed by atoms with Crippen molar-refractivity contribution in [1.29, 1.82) is 0 Å². The van der Waals surface area contributed by atoms with Crippen molar-refractivity contribution in [2.75, 3.05) is 0 Å². The molecule has 0 N–H and O–H groups in total. The first kappa shape index (κ1) is 34.1. The average molecular weight is 792 g/mol. The average Bonchev–Trinajstić information content (AvgIpc) is 3.77. The van der Waals surface area contributed by atoms with Gasteiger partial charge in [-0.3, -0.25) is 0 Å². The summed E-state index contributed by atoms with van der Waals surface area (Å²) in [6.45, 7) is 0. The van der Waals surface area contributed by atoms with E-state index in [4.69, 9.17) is 15.0 Å². The summed E-state index contributed by atoms with van der Waals surface area (Å²) in [6, 6.07) is 72.5. The molecular weight excluding hydrogens is 759 g/mol. The van der Waals surface area contributed by atoms with Gasteiger partial charge in [0.2, 0.25) is 0 Å². The van der Waals surface area contributed by atoms with Crippen molar-refractivity contribution in [2.45, 2.75) is 0 Å². The van der Waals surface area contributed by atoms with E-state index in [2.05, 4.69) is 182 Å². The van der Waals surface area contributed by atoms with Crippen LogP contribution in [0.25, 0.3) is 130 Å². The van der Waals surface area contributed by atoms with E-state index >= 15 is 0 Å². The molecule has 0 saturated heterocycles. The molecule has 0 atom stereocenters. The smallest absolute Gasteiger partial charge is 0.174 e. The fraction of sp³-hybridized carbons (Fsp3) is 0. The Morgan fingerprint density at radius 3 is 1.49 bits per heavy atom. The number of fused-ring (bicyclic) bond motifs is 3. The normalized spacial score (nSPS) is 11.9. The molecule has 11 aromatic carbocycles. The van der Waals surface area contributed by atoms with Crippen LogP contribution in [0.4, 0.5) is 0 Å². The minimum Gasteiger partial charge on any atom is -0.208 e. The Kier molecular flexibility index (Phi) is 7.47. The van der Waals surface area contributed by atoms with Crippen LogP contribution in [0.15, 0.2) is 200 Å². The largest absolute Gasteiger partial charge is 0.208 e. The zero-order chi connectivity index (χ0) is 40.0. The zero-order valence-corrected chi connectivity index (χ0v) is 33.6. The molecule has 4 heteroatoms. The number of hydrogen-bond donors (Lipinski definition) is 0. The van der Waals surface area contributed by atoms with Crippen molar-refractivity contribution in [2.24, 2.45) is 0 Å². The van der Waals surface area contributed by atoms with E-state index in [1.807, 2.05) is 18.2 Å². The third kappa shape index (κ3) is 5.39. The quantitative estimate of drug-likeness (QED) is 0.163. The van der Waals surface area contributed by atoms with Crippen LogP contribution in [0.1, 0.15) is 0 Å². The van der Waals surface area contributed by atoms with E-state index in [1.165, 1.54) is 85.8 Å². The van der Waals surface area contributed by atoms with E-state index in [0.29, 0.717) is 17.5 Å². The SMILES string of the molecule is c1ccc(-c2nc(-c3cc4ccccc4s3)nc(-c3ccccc3-c3ccc(-c4cc5ccc6cccc7c8cccc9ccc%10cccc(c(c4)c5c67)c%10c98)cc3)n2)cc1. The van der Waals surface area contributed by atoms with Gasteiger partial charge in [0.05, 0.1) is 4.88 Å². The highest BCUT2D eigenvalue weighted by molar-refractivity contribution is 7.22. The second kappa shape index (κ2) is 13.4. The standard InChI is InChI=1S/C57H33N3S/c1-2-11-39(12-3-1)55-58-56(60-57(59-55)50-33-40-13-4-7-22-49(40)61-50)47-18-6-5-17-43(47)35-25-23-34(24-26-35)42-31-41-30-29-38-15-9-20-45-44-19-8-14-36-27-28-37-16-10-21-46(53(37)51(36)44)48(32-42)54(41)52(38)45/h1-33H. The molecule has 0 spiro atoms. The molecule has 0 bridgehead atoms. The van der Waals surface area contributed by atoms with Gasteiger partial charge in [-0.1, -0.05) is 176 Å². The molecule has 0 unspecified atom stereocenters. The summed E-state index contributed by atoms with van der Waals surface area (Å²) in [5.41, 5.74) is 6.44. The van der Waals surface area contributed by atoms with Crippen LogP contribution in [0.3, 0.4) is 0 Å². The van der Waals surface area contributed by atoms with Gasteiger partial charge >= 0.3 is 0 Å². The molecule has 282 valence electrons. The predicted octanol–water partition coefficient (Wildman–Crippen LogP) is 15.8. The van der Waals surface area contributed by atoms with Crippen molar-refractivity contribution in [3.8, 4) is 55.7 Å². The van der Waals surface area contributed by atoms with Crippen molar-refractivity contribution in [3.63, 3.8) is 0 Å². The molecule has 0 aliphatic heterocycles. The van der Waals surface area contributed by atoms with Gasteiger partial charge in [-0.2, -0.15) is 0 Å². The van der Waals surface area contributed by atoms with Gasteiger partial charge in [0.25, 0.3) is 0 Å². The molecule has 0 amide bonds. The van der Waals surface area contributed by atoms with Gasteiger partial charge in [-0.05, 0) is 117 Å². The van der Waals surface area contributed by atoms with Gasteiger partial charge in [0, 0.05) is 15.8 Å². The van der Waals surface area contributed by atoms with Gasteiger partial charge in [0.1, 0.15) is 0 Å². The third-order valence-corrected chi connectivity index (χ3v) is 13.5. The van der Waals surface area contributed by atoms with Crippen LogP contribution >= 0.6 is 11.3 Å². The van der Waals surface area contributed by atoms with Gasteiger partial charge in [-0.25, -0.2) is 15.0 Å². The maximum Gasteiger partial charge on any atom is 0.174 e. The second-order valence-corrected chi connectivity index (χ2v) is 17.0. The van der Waals surface area contributed by atoms with Gasteiger partial charge < -0.3 is 0 Å². The lowest BCUT2D eigenvalue weighted by atomic mass is 9.86. The van der Waals surface area contributed by atoms with Crippen LogP contribution in [0.2, 0.25) is 0 Å². The molecule has 3 nitrogen and oxygen atoms in total. The Balaban J connectivity index is 0.981. The molecule has 0 fully saturated rings. The summed E-state index contributed by atoms with van der Waals surface area (Å²) in [5, 5.41) is 16.6. The monoisotopic (exact) mass is 791 g/mol. The molecule has 2 aromatic heterocycles. The zero-order valence-electron chi connectivity index (χ0n) is 32.8. The second-order valence-electron chi connectivity index (χ2n) is 15.9. The summed E-state index contributed by atoms with van der Waals surface area (Å²) in [6.07, 6.45) is 0. The number of rotatable bonds is 5. The van der Waals surface area contributed by atoms with Crippen LogP contribution in [0, 0.1) is 0 Å². The van der Waals surface area contributed by atoms with Crippen LogP contribution < -0.4 is 0 Å². The van der Waals surface area contributed by atoms with Crippen LogP contribution in [0.5, 0.6) is 0 Å². The maximum atomic E-state index is 5.17. The van der Waals surface area contributed by atoms with Crippen molar-refractivity contribution in [3.05, 3.63) is 200 Å². The molecule has 0 saturated carbocycles. The molecule has 61 heavy (non-hydrogen) atoms. The molecule has 0 aliphatic carbocycles.